The van der Waals surface area contributed by atoms with Crippen LogP contribution < -0.4 is 9.47 Å². The summed E-state index contributed by atoms with van der Waals surface area (Å²) in [6, 6.07) is 5.34. The van der Waals surface area contributed by atoms with Crippen LogP contribution >= 0.6 is 11.6 Å². The van der Waals surface area contributed by atoms with E-state index in [1.165, 1.54) is 13.2 Å². The van der Waals surface area contributed by atoms with E-state index in [0.29, 0.717) is 24.0 Å². The molecule has 0 N–H and O–H groups in total. The number of carbonyl (C=O) groups excluding carboxylic acids is 1. The van der Waals surface area contributed by atoms with E-state index in [1.54, 1.807) is 25.3 Å². The Kier molecular flexibility index (Phi) is 6.08. The maximum atomic E-state index is 11.0. The molecule has 0 spiro atoms. The second kappa shape index (κ2) is 7.61. The number of ether oxygens (including phenoxy) is 3. The minimum absolute atomic E-state index is 0.406. The van der Waals surface area contributed by atoms with Crippen LogP contribution in [0.2, 0.25) is 0 Å². The van der Waals surface area contributed by atoms with Gasteiger partial charge in [-0.15, -0.1) is 11.6 Å². The van der Waals surface area contributed by atoms with Crippen LogP contribution in [0.5, 0.6) is 11.5 Å². The molecule has 0 fully saturated rings. The lowest BCUT2D eigenvalue weighted by Gasteiger charge is -2.10. The molecule has 0 aromatic heterocycles. The molecule has 18 heavy (non-hydrogen) atoms. The molecule has 0 radical (unpaired) electrons. The largest absolute Gasteiger partial charge is 0.493 e. The first kappa shape index (κ1) is 14.4. The van der Waals surface area contributed by atoms with Gasteiger partial charge in [-0.2, -0.15) is 0 Å². The Morgan fingerprint density at radius 1 is 1.33 bits per heavy atom. The molecule has 0 bridgehead atoms. The number of benzene rings is 1. The topological polar surface area (TPSA) is 44.8 Å². The number of esters is 1. The minimum Gasteiger partial charge on any atom is -0.493 e. The number of hydrogen-bond acceptors (Lipinski definition) is 4. The SMILES string of the molecule is COC(=O)C=Cc1ccc(OCCCl)c(OC)c1. The summed E-state index contributed by atoms with van der Waals surface area (Å²) in [4.78, 5) is 11.0. The van der Waals surface area contributed by atoms with E-state index < -0.39 is 5.97 Å². The van der Waals surface area contributed by atoms with Crippen LogP contribution in [-0.4, -0.2) is 32.7 Å². The van der Waals surface area contributed by atoms with Crippen molar-refractivity contribution in [2.24, 2.45) is 0 Å². The molecule has 0 saturated heterocycles. The van der Waals surface area contributed by atoms with Gasteiger partial charge in [-0.25, -0.2) is 4.79 Å². The van der Waals surface area contributed by atoms with Crippen LogP contribution in [0.4, 0.5) is 0 Å². The molecule has 98 valence electrons. The van der Waals surface area contributed by atoms with Crippen molar-refractivity contribution in [2.45, 2.75) is 0 Å². The third-order valence-electron chi connectivity index (χ3n) is 2.14. The van der Waals surface area contributed by atoms with Gasteiger partial charge in [0.15, 0.2) is 11.5 Å². The summed E-state index contributed by atoms with van der Waals surface area (Å²) in [7, 11) is 2.88. The zero-order chi connectivity index (χ0) is 13.4. The van der Waals surface area contributed by atoms with Gasteiger partial charge in [0.2, 0.25) is 0 Å². The normalized spacial score (nSPS) is 10.4. The molecule has 0 aliphatic rings. The molecule has 0 aliphatic heterocycles. The second-order valence-electron chi connectivity index (χ2n) is 3.30. The lowest BCUT2D eigenvalue weighted by molar-refractivity contribution is -0.134. The lowest BCUT2D eigenvalue weighted by Crippen LogP contribution is -2.00. The smallest absolute Gasteiger partial charge is 0.330 e. The fourth-order valence-corrected chi connectivity index (χ4v) is 1.37. The molecule has 1 rings (SSSR count). The van der Waals surface area contributed by atoms with Crippen LogP contribution in [0, 0.1) is 0 Å². The first-order valence-electron chi connectivity index (χ1n) is 5.34. The average Bonchev–Trinajstić information content (AvgIpc) is 2.42. The fraction of sp³-hybridized carbons (Fsp3) is 0.308. The molecule has 0 unspecified atom stereocenters. The molecule has 1 aromatic rings. The van der Waals surface area contributed by atoms with Crippen LogP contribution in [-0.2, 0) is 9.53 Å². The van der Waals surface area contributed by atoms with E-state index in [2.05, 4.69) is 4.74 Å². The van der Waals surface area contributed by atoms with E-state index in [4.69, 9.17) is 21.1 Å². The van der Waals surface area contributed by atoms with Crippen LogP contribution in [0.25, 0.3) is 6.08 Å². The van der Waals surface area contributed by atoms with Crippen LogP contribution in [0.15, 0.2) is 24.3 Å². The predicted octanol–water partition coefficient (Wildman–Crippen LogP) is 2.50. The van der Waals surface area contributed by atoms with Gasteiger partial charge in [0.1, 0.15) is 6.61 Å². The summed E-state index contributed by atoms with van der Waals surface area (Å²) in [5.41, 5.74) is 0.815. The Morgan fingerprint density at radius 2 is 2.11 bits per heavy atom. The van der Waals surface area contributed by atoms with Gasteiger partial charge >= 0.3 is 5.97 Å². The summed E-state index contributed by atoms with van der Waals surface area (Å²) in [6.45, 7) is 0.412. The van der Waals surface area contributed by atoms with Crippen molar-refractivity contribution in [3.8, 4) is 11.5 Å². The van der Waals surface area contributed by atoms with Gasteiger partial charge < -0.3 is 14.2 Å². The van der Waals surface area contributed by atoms with Gasteiger partial charge in [-0.1, -0.05) is 6.07 Å². The quantitative estimate of drug-likeness (QED) is 0.453. The Balaban J connectivity index is 2.84. The Hall–Kier alpha value is -1.68. The van der Waals surface area contributed by atoms with Crippen LogP contribution in [0.3, 0.4) is 0 Å². The van der Waals surface area contributed by atoms with Gasteiger partial charge in [0.05, 0.1) is 20.1 Å². The molecule has 5 heteroatoms. The van der Waals surface area contributed by atoms with Crippen molar-refractivity contribution < 1.29 is 19.0 Å². The highest BCUT2D eigenvalue weighted by molar-refractivity contribution is 6.18. The average molecular weight is 271 g/mol. The first-order valence-corrected chi connectivity index (χ1v) is 5.87. The third kappa shape index (κ3) is 4.30. The molecular weight excluding hydrogens is 256 g/mol. The maximum Gasteiger partial charge on any atom is 0.330 e. The number of methoxy groups -OCH3 is 2. The fourth-order valence-electron chi connectivity index (χ4n) is 1.29. The molecule has 0 amide bonds. The summed E-state index contributed by atoms with van der Waals surface area (Å²) >= 11 is 5.55. The molecule has 4 nitrogen and oxygen atoms in total. The predicted molar refractivity (Wildman–Crippen MR) is 70.3 cm³/mol. The van der Waals surface area contributed by atoms with Gasteiger partial charge in [-0.05, 0) is 23.8 Å². The number of hydrogen-bond donors (Lipinski definition) is 0. The highest BCUT2D eigenvalue weighted by Crippen LogP contribution is 2.28. The van der Waals surface area contributed by atoms with Crippen molar-refractivity contribution in [3.05, 3.63) is 29.8 Å². The van der Waals surface area contributed by atoms with E-state index in [0.717, 1.165) is 5.56 Å². The maximum absolute atomic E-state index is 11.0. The van der Waals surface area contributed by atoms with Crippen molar-refractivity contribution in [1.82, 2.24) is 0 Å². The highest BCUT2D eigenvalue weighted by atomic mass is 35.5. The van der Waals surface area contributed by atoms with E-state index in [-0.39, 0.29) is 0 Å². The van der Waals surface area contributed by atoms with Crippen molar-refractivity contribution in [1.29, 1.82) is 0 Å². The summed E-state index contributed by atoms with van der Waals surface area (Å²) in [5, 5.41) is 0. The Morgan fingerprint density at radius 3 is 2.72 bits per heavy atom. The number of alkyl halides is 1. The highest BCUT2D eigenvalue weighted by Gasteiger charge is 2.04. The third-order valence-corrected chi connectivity index (χ3v) is 2.29. The van der Waals surface area contributed by atoms with Gasteiger partial charge in [0, 0.05) is 6.08 Å². The lowest BCUT2D eigenvalue weighted by atomic mass is 10.2. The molecule has 1 aromatic carbocycles. The molecule has 0 atom stereocenters. The number of carbonyl (C=O) groups is 1. The molecule has 0 heterocycles. The minimum atomic E-state index is -0.406. The van der Waals surface area contributed by atoms with Crippen molar-refractivity contribution in [3.63, 3.8) is 0 Å². The Bertz CT molecular complexity index is 429. The monoisotopic (exact) mass is 270 g/mol. The second-order valence-corrected chi connectivity index (χ2v) is 3.68. The van der Waals surface area contributed by atoms with E-state index >= 15 is 0 Å². The molecular formula is C13H15ClO4. The molecule has 0 saturated carbocycles. The van der Waals surface area contributed by atoms with E-state index in [9.17, 15) is 4.79 Å². The van der Waals surface area contributed by atoms with Crippen molar-refractivity contribution in [2.75, 3.05) is 26.7 Å². The van der Waals surface area contributed by atoms with Gasteiger partial charge in [0.25, 0.3) is 0 Å². The zero-order valence-electron chi connectivity index (χ0n) is 10.3. The summed E-state index contributed by atoms with van der Waals surface area (Å²) in [5.74, 6) is 1.21. The van der Waals surface area contributed by atoms with Crippen molar-refractivity contribution >= 4 is 23.6 Å². The number of rotatable bonds is 6. The van der Waals surface area contributed by atoms with Gasteiger partial charge in [-0.3, -0.25) is 0 Å². The summed E-state index contributed by atoms with van der Waals surface area (Å²) < 4.78 is 15.1. The summed E-state index contributed by atoms with van der Waals surface area (Å²) in [6.07, 6.45) is 2.98. The van der Waals surface area contributed by atoms with E-state index in [1.807, 2.05) is 6.07 Å². The first-order chi connectivity index (χ1) is 8.71. The zero-order valence-corrected chi connectivity index (χ0v) is 11.1. The molecule has 0 aliphatic carbocycles. The Labute approximate surface area is 111 Å². The standard InChI is InChI=1S/C13H15ClO4/c1-16-12-9-10(4-6-13(15)17-2)3-5-11(12)18-8-7-14/h3-6,9H,7-8H2,1-2H3. The number of halogens is 1. The van der Waals surface area contributed by atoms with Crippen LogP contribution in [0.1, 0.15) is 5.56 Å².